The maximum atomic E-state index is 12.8. The van der Waals surface area contributed by atoms with E-state index in [0.717, 1.165) is 6.26 Å². The molecule has 5 nitrogen and oxygen atoms in total. The average molecular weight is 378 g/mol. The quantitative estimate of drug-likeness (QED) is 0.737. The Kier molecular flexibility index (Phi) is 5.17. The van der Waals surface area contributed by atoms with Gasteiger partial charge in [-0.3, -0.25) is 0 Å². The van der Waals surface area contributed by atoms with Gasteiger partial charge in [0.15, 0.2) is 9.84 Å². The first-order chi connectivity index (χ1) is 11.4. The van der Waals surface area contributed by atoms with Crippen LogP contribution >= 0.6 is 0 Å². The highest BCUT2D eigenvalue weighted by Gasteiger charge is 2.43. The number of esters is 1. The fraction of sp³-hybridized carbons (Fsp3) is 0.438. The Morgan fingerprint density at radius 2 is 1.76 bits per heavy atom. The molecule has 1 aliphatic heterocycles. The van der Waals surface area contributed by atoms with E-state index >= 15 is 0 Å². The molecule has 0 bridgehead atoms. The molecule has 0 radical (unpaired) electrons. The van der Waals surface area contributed by atoms with Gasteiger partial charge in [0.25, 0.3) is 0 Å². The zero-order chi connectivity index (χ0) is 19.0. The molecule has 0 N–H and O–H groups in total. The lowest BCUT2D eigenvalue weighted by molar-refractivity contribution is -0.162. The maximum Gasteiger partial charge on any atom is 0.392 e. The van der Waals surface area contributed by atoms with Crippen LogP contribution in [0.25, 0.3) is 5.57 Å². The van der Waals surface area contributed by atoms with Crippen molar-refractivity contribution in [3.05, 3.63) is 35.6 Å². The molecule has 0 saturated carbocycles. The molecule has 1 aliphatic rings. The number of halogens is 3. The molecule has 9 heteroatoms. The van der Waals surface area contributed by atoms with Crippen LogP contribution in [0.2, 0.25) is 0 Å². The van der Waals surface area contributed by atoms with Gasteiger partial charge >= 0.3 is 12.1 Å². The molecule has 25 heavy (non-hydrogen) atoms. The fourth-order valence-corrected chi connectivity index (χ4v) is 3.03. The molecule has 0 fully saturated rings. The molecule has 1 atom stereocenters. The lowest BCUT2D eigenvalue weighted by Crippen LogP contribution is -2.21. The largest absolute Gasteiger partial charge is 0.484 e. The summed E-state index contributed by atoms with van der Waals surface area (Å²) in [4.78, 5) is 12.0. The van der Waals surface area contributed by atoms with Gasteiger partial charge in [0.1, 0.15) is 6.10 Å². The van der Waals surface area contributed by atoms with Crippen molar-refractivity contribution < 1.29 is 35.9 Å². The minimum absolute atomic E-state index is 0.0146. The minimum atomic E-state index is -4.55. The van der Waals surface area contributed by atoms with Gasteiger partial charge in [-0.05, 0) is 31.5 Å². The van der Waals surface area contributed by atoms with E-state index in [1.807, 2.05) is 0 Å². The summed E-state index contributed by atoms with van der Waals surface area (Å²) >= 11 is 0. The standard InChI is InChI=1S/C16H17F3O5S/c1-9(2)23-14-13(12(24-15(14)20)8-16(17,18)19)10-4-6-11(7-5-10)25(3,21)22/h4-7,9,12H,8H2,1-3H3. The predicted molar refractivity (Wildman–Crippen MR) is 83.2 cm³/mol. The SMILES string of the molecule is CC(C)OC1=C(c2ccc(S(C)(=O)=O)cc2)C(CC(F)(F)F)OC1=O. The molecule has 0 saturated heterocycles. The molecule has 0 aromatic heterocycles. The Morgan fingerprint density at radius 1 is 1.20 bits per heavy atom. The van der Waals surface area contributed by atoms with Crippen LogP contribution in [0.1, 0.15) is 25.8 Å². The molecule has 0 spiro atoms. The third-order valence-electron chi connectivity index (χ3n) is 3.37. The first-order valence-corrected chi connectivity index (χ1v) is 9.26. The first kappa shape index (κ1) is 19.3. The van der Waals surface area contributed by atoms with Crippen molar-refractivity contribution in [1.29, 1.82) is 0 Å². The number of ether oxygens (including phenoxy) is 2. The van der Waals surface area contributed by atoms with Crippen LogP contribution in [0.15, 0.2) is 34.9 Å². The third-order valence-corrected chi connectivity index (χ3v) is 4.49. The number of hydrogen-bond donors (Lipinski definition) is 0. The second-order valence-corrected chi connectivity index (χ2v) is 7.93. The second kappa shape index (κ2) is 6.70. The summed E-state index contributed by atoms with van der Waals surface area (Å²) in [6, 6.07) is 5.19. The maximum absolute atomic E-state index is 12.8. The van der Waals surface area contributed by atoms with Crippen molar-refractivity contribution in [2.45, 2.75) is 43.5 Å². The van der Waals surface area contributed by atoms with E-state index in [2.05, 4.69) is 0 Å². The fourth-order valence-electron chi connectivity index (χ4n) is 2.40. The minimum Gasteiger partial charge on any atom is -0.484 e. The summed E-state index contributed by atoms with van der Waals surface area (Å²) in [5, 5.41) is 0. The van der Waals surface area contributed by atoms with Gasteiger partial charge in [-0.15, -0.1) is 0 Å². The molecule has 138 valence electrons. The Labute approximate surface area is 143 Å². The summed E-state index contributed by atoms with van der Waals surface area (Å²) in [5.74, 6) is -1.25. The predicted octanol–water partition coefficient (Wildman–Crippen LogP) is 3.10. The van der Waals surface area contributed by atoms with E-state index in [9.17, 15) is 26.4 Å². The van der Waals surface area contributed by atoms with E-state index in [1.54, 1.807) is 13.8 Å². The summed E-state index contributed by atoms with van der Waals surface area (Å²) in [5.41, 5.74) is 0.208. The van der Waals surface area contributed by atoms with Gasteiger partial charge in [0, 0.05) is 11.8 Å². The Hall–Kier alpha value is -2.03. The van der Waals surface area contributed by atoms with Gasteiger partial charge in [0.2, 0.25) is 5.76 Å². The third kappa shape index (κ3) is 4.75. The highest BCUT2D eigenvalue weighted by atomic mass is 32.2. The van der Waals surface area contributed by atoms with Crippen LogP contribution in [0, 0.1) is 0 Å². The Bertz CT molecular complexity index is 792. The van der Waals surface area contributed by atoms with Crippen molar-refractivity contribution in [2.75, 3.05) is 6.26 Å². The number of hydrogen-bond acceptors (Lipinski definition) is 5. The monoisotopic (exact) mass is 378 g/mol. The Balaban J connectivity index is 2.51. The van der Waals surface area contributed by atoms with Crippen LogP contribution in [0.5, 0.6) is 0 Å². The lowest BCUT2D eigenvalue weighted by atomic mass is 9.98. The number of cyclic esters (lactones) is 1. The van der Waals surface area contributed by atoms with Crippen molar-refractivity contribution >= 4 is 21.4 Å². The molecular formula is C16H17F3O5S. The van der Waals surface area contributed by atoms with Crippen LogP contribution < -0.4 is 0 Å². The molecule has 1 unspecified atom stereocenters. The second-order valence-electron chi connectivity index (χ2n) is 5.92. The molecule has 0 aliphatic carbocycles. The number of carbonyl (C=O) groups is 1. The topological polar surface area (TPSA) is 69.7 Å². The normalized spacial score (nSPS) is 18.7. The van der Waals surface area contributed by atoms with E-state index in [1.165, 1.54) is 24.3 Å². The van der Waals surface area contributed by atoms with Crippen molar-refractivity contribution in [1.82, 2.24) is 0 Å². The molecule has 1 heterocycles. The number of alkyl halides is 3. The van der Waals surface area contributed by atoms with E-state index < -0.39 is 40.6 Å². The molecular weight excluding hydrogens is 361 g/mol. The zero-order valence-electron chi connectivity index (χ0n) is 13.8. The molecule has 0 amide bonds. The van der Waals surface area contributed by atoms with Crippen molar-refractivity contribution in [2.24, 2.45) is 0 Å². The first-order valence-electron chi connectivity index (χ1n) is 7.37. The summed E-state index contributed by atoms with van der Waals surface area (Å²) < 4.78 is 71.6. The summed E-state index contributed by atoms with van der Waals surface area (Å²) in [7, 11) is -3.45. The van der Waals surface area contributed by atoms with Gasteiger partial charge in [-0.2, -0.15) is 13.2 Å². The zero-order valence-corrected chi connectivity index (χ0v) is 14.6. The number of carbonyl (C=O) groups excluding carboxylic acids is 1. The lowest BCUT2D eigenvalue weighted by Gasteiger charge is -2.16. The van der Waals surface area contributed by atoms with Crippen molar-refractivity contribution in [3.63, 3.8) is 0 Å². The van der Waals surface area contributed by atoms with Gasteiger partial charge in [-0.25, -0.2) is 13.2 Å². The van der Waals surface area contributed by atoms with Gasteiger partial charge in [-0.1, -0.05) is 12.1 Å². The van der Waals surface area contributed by atoms with Crippen LogP contribution in [-0.4, -0.2) is 39.0 Å². The highest BCUT2D eigenvalue weighted by molar-refractivity contribution is 7.90. The van der Waals surface area contributed by atoms with Crippen LogP contribution in [-0.2, 0) is 24.1 Å². The van der Waals surface area contributed by atoms with Crippen molar-refractivity contribution in [3.8, 4) is 0 Å². The van der Waals surface area contributed by atoms with Gasteiger partial charge in [0.05, 0.1) is 17.4 Å². The average Bonchev–Trinajstić information content (AvgIpc) is 2.71. The molecule has 1 aromatic rings. The number of rotatable bonds is 5. The number of benzene rings is 1. The van der Waals surface area contributed by atoms with Gasteiger partial charge < -0.3 is 9.47 Å². The highest BCUT2D eigenvalue weighted by Crippen LogP contribution is 2.38. The van der Waals surface area contributed by atoms with E-state index in [0.29, 0.717) is 0 Å². The summed E-state index contributed by atoms with van der Waals surface area (Å²) in [6.07, 6.45) is -6.87. The summed E-state index contributed by atoms with van der Waals surface area (Å²) in [6.45, 7) is 3.25. The smallest absolute Gasteiger partial charge is 0.392 e. The van der Waals surface area contributed by atoms with E-state index in [4.69, 9.17) is 9.47 Å². The Morgan fingerprint density at radius 3 is 2.20 bits per heavy atom. The number of sulfone groups is 1. The van der Waals surface area contributed by atoms with Crippen LogP contribution in [0.3, 0.4) is 0 Å². The molecule has 2 rings (SSSR count). The molecule has 1 aromatic carbocycles. The van der Waals surface area contributed by atoms with Crippen LogP contribution in [0.4, 0.5) is 13.2 Å². The van der Waals surface area contributed by atoms with E-state index in [-0.39, 0.29) is 21.8 Å².